The quantitative estimate of drug-likeness (QED) is 0.745. The third-order valence-electron chi connectivity index (χ3n) is 4.02. The predicted molar refractivity (Wildman–Crippen MR) is 84.0 cm³/mol. The van der Waals surface area contributed by atoms with Gasteiger partial charge >= 0.3 is 5.69 Å². The molecule has 1 aliphatic carbocycles. The van der Waals surface area contributed by atoms with Crippen LogP contribution < -0.4 is 11.2 Å². The fourth-order valence-corrected chi connectivity index (χ4v) is 2.78. The molecule has 0 bridgehead atoms. The van der Waals surface area contributed by atoms with E-state index in [1.165, 1.54) is 17.8 Å². The van der Waals surface area contributed by atoms with Crippen LogP contribution in [0.1, 0.15) is 27.9 Å². The zero-order valence-corrected chi connectivity index (χ0v) is 12.5. The maximum Gasteiger partial charge on any atom is 0.330 e. The van der Waals surface area contributed by atoms with Crippen molar-refractivity contribution in [2.45, 2.75) is 12.8 Å². The van der Waals surface area contributed by atoms with E-state index >= 15 is 0 Å². The van der Waals surface area contributed by atoms with Gasteiger partial charge in [0.1, 0.15) is 0 Å². The van der Waals surface area contributed by atoms with E-state index in [-0.39, 0.29) is 17.0 Å². The molecule has 0 aliphatic heterocycles. The van der Waals surface area contributed by atoms with Crippen LogP contribution >= 0.6 is 0 Å². The van der Waals surface area contributed by atoms with Crippen LogP contribution in [0.3, 0.4) is 0 Å². The summed E-state index contributed by atoms with van der Waals surface area (Å²) in [4.78, 5) is 36.4. The topological polar surface area (TPSA) is 61.1 Å². The fourth-order valence-electron chi connectivity index (χ4n) is 2.78. The van der Waals surface area contributed by atoms with Gasteiger partial charge in [-0.1, -0.05) is 24.3 Å². The molecule has 1 aromatic heterocycles. The van der Waals surface area contributed by atoms with Crippen molar-refractivity contribution in [2.75, 3.05) is 0 Å². The molecule has 0 saturated carbocycles. The number of carbonyl (C=O) groups excluding carboxylic acids is 1. The summed E-state index contributed by atoms with van der Waals surface area (Å²) in [6.45, 7) is 0. The lowest BCUT2D eigenvalue weighted by atomic mass is 9.86. The zero-order chi connectivity index (χ0) is 15.9. The smallest absolute Gasteiger partial charge is 0.303 e. The van der Waals surface area contributed by atoms with E-state index in [1.807, 2.05) is 24.3 Å². The lowest BCUT2D eigenvalue weighted by molar-refractivity contribution is 0.102. The molecule has 3 rings (SSSR count). The summed E-state index contributed by atoms with van der Waals surface area (Å²) in [5.74, 6) is -0.0437. The molecule has 0 atom stereocenters. The Bertz CT molecular complexity index is 916. The Kier molecular flexibility index (Phi) is 3.41. The third kappa shape index (κ3) is 2.24. The second-order valence-electron chi connectivity index (χ2n) is 5.50. The van der Waals surface area contributed by atoms with Crippen LogP contribution in [0.2, 0.25) is 0 Å². The Labute approximate surface area is 127 Å². The van der Waals surface area contributed by atoms with Crippen LogP contribution in [-0.2, 0) is 20.5 Å². The van der Waals surface area contributed by atoms with Crippen molar-refractivity contribution in [3.63, 3.8) is 0 Å². The van der Waals surface area contributed by atoms with Gasteiger partial charge in [-0.15, -0.1) is 0 Å². The van der Waals surface area contributed by atoms with Crippen LogP contribution in [0, 0.1) is 0 Å². The summed E-state index contributed by atoms with van der Waals surface area (Å²) in [7, 11) is 3.02. The van der Waals surface area contributed by atoms with E-state index < -0.39 is 0 Å². The van der Waals surface area contributed by atoms with E-state index in [9.17, 15) is 14.4 Å². The highest BCUT2D eigenvalue weighted by Gasteiger charge is 2.21. The van der Waals surface area contributed by atoms with Crippen molar-refractivity contribution in [3.8, 4) is 0 Å². The van der Waals surface area contributed by atoms with Crippen molar-refractivity contribution in [2.24, 2.45) is 14.1 Å². The molecule has 0 amide bonds. The molecule has 0 unspecified atom stereocenters. The van der Waals surface area contributed by atoms with E-state index in [1.54, 1.807) is 13.1 Å². The third-order valence-corrected chi connectivity index (χ3v) is 4.02. The first-order valence-corrected chi connectivity index (χ1v) is 7.09. The van der Waals surface area contributed by atoms with Crippen molar-refractivity contribution >= 4 is 11.9 Å². The van der Waals surface area contributed by atoms with Gasteiger partial charge in [-0.25, -0.2) is 4.79 Å². The second kappa shape index (κ2) is 5.26. The number of rotatable bonds is 1. The first-order chi connectivity index (χ1) is 10.5. The molecule has 0 fully saturated rings. The molecule has 2 aromatic rings. The molecule has 0 saturated heterocycles. The highest BCUT2D eigenvalue weighted by Crippen LogP contribution is 2.25. The summed E-state index contributed by atoms with van der Waals surface area (Å²) in [6, 6.07) is 7.52. The average Bonchev–Trinajstić information content (AvgIpc) is 2.53. The van der Waals surface area contributed by atoms with Gasteiger partial charge in [0.05, 0.1) is 5.56 Å². The highest BCUT2D eigenvalue weighted by molar-refractivity contribution is 6.13. The van der Waals surface area contributed by atoms with Crippen LogP contribution in [0.4, 0.5) is 0 Å². The molecule has 0 N–H and O–H groups in total. The molecule has 5 heteroatoms. The maximum absolute atomic E-state index is 12.5. The Morgan fingerprint density at radius 2 is 1.77 bits per heavy atom. The molecular weight excluding hydrogens is 280 g/mol. The van der Waals surface area contributed by atoms with Gasteiger partial charge in [0.15, 0.2) is 5.78 Å². The molecule has 0 radical (unpaired) electrons. The molecule has 22 heavy (non-hydrogen) atoms. The number of fused-ring (bicyclic) bond motifs is 1. The highest BCUT2D eigenvalue weighted by atomic mass is 16.2. The number of aromatic nitrogens is 2. The number of Topliss-reactive ketones (excluding diaryl/α,β-unsaturated/α-hetero) is 1. The molecule has 1 heterocycles. The lowest BCUT2D eigenvalue weighted by Gasteiger charge is -2.17. The van der Waals surface area contributed by atoms with E-state index in [0.717, 1.165) is 16.6 Å². The zero-order valence-electron chi connectivity index (χ0n) is 12.5. The first-order valence-electron chi connectivity index (χ1n) is 7.09. The monoisotopic (exact) mass is 296 g/mol. The number of hydrogen-bond acceptors (Lipinski definition) is 3. The van der Waals surface area contributed by atoms with E-state index in [4.69, 9.17) is 0 Å². The predicted octanol–water partition coefficient (Wildman–Crippen LogP) is 1.30. The number of benzene rings is 1. The van der Waals surface area contributed by atoms with Gasteiger partial charge < -0.3 is 4.57 Å². The first kappa shape index (κ1) is 14.3. The number of aryl methyl sites for hydroxylation is 2. The minimum atomic E-state index is -0.387. The van der Waals surface area contributed by atoms with Crippen molar-refractivity contribution in [3.05, 3.63) is 73.6 Å². The molecule has 1 aliphatic rings. The van der Waals surface area contributed by atoms with E-state index in [2.05, 4.69) is 0 Å². The minimum absolute atomic E-state index is 0.0437. The van der Waals surface area contributed by atoms with Gasteiger partial charge in [0.2, 0.25) is 0 Å². The van der Waals surface area contributed by atoms with Crippen LogP contribution in [0.25, 0.3) is 6.08 Å². The Balaban J connectivity index is 2.10. The molecule has 0 spiro atoms. The summed E-state index contributed by atoms with van der Waals surface area (Å²) in [5, 5.41) is 0. The van der Waals surface area contributed by atoms with Crippen molar-refractivity contribution in [1.82, 2.24) is 9.13 Å². The SMILES string of the molecule is Cn1cc(/C=C2/CCc3ccccc3C2=O)c(=O)n(C)c1=O. The minimum Gasteiger partial charge on any atom is -0.303 e. The number of ketones is 1. The second-order valence-corrected chi connectivity index (χ2v) is 5.50. The van der Waals surface area contributed by atoms with Crippen LogP contribution in [0.15, 0.2) is 45.6 Å². The molecular formula is C17H16N2O3. The summed E-state index contributed by atoms with van der Waals surface area (Å²) in [5.41, 5.74) is 1.93. The maximum atomic E-state index is 12.5. The van der Waals surface area contributed by atoms with Gasteiger partial charge in [-0.2, -0.15) is 0 Å². The van der Waals surface area contributed by atoms with Crippen LogP contribution in [0.5, 0.6) is 0 Å². The number of nitrogens with zero attached hydrogens (tertiary/aromatic N) is 2. The fraction of sp³-hybridized carbons (Fsp3) is 0.235. The summed E-state index contributed by atoms with van der Waals surface area (Å²) >= 11 is 0. The largest absolute Gasteiger partial charge is 0.330 e. The Morgan fingerprint density at radius 1 is 1.05 bits per heavy atom. The van der Waals surface area contributed by atoms with Gasteiger partial charge in [-0.3, -0.25) is 14.2 Å². The van der Waals surface area contributed by atoms with E-state index in [0.29, 0.717) is 23.1 Å². The van der Waals surface area contributed by atoms with Crippen molar-refractivity contribution in [1.29, 1.82) is 0 Å². The average molecular weight is 296 g/mol. The lowest BCUT2D eigenvalue weighted by Crippen LogP contribution is -2.37. The van der Waals surface area contributed by atoms with Gasteiger partial charge in [0.25, 0.3) is 5.56 Å². The molecule has 112 valence electrons. The molecule has 1 aromatic carbocycles. The standard InChI is InChI=1S/C17H16N2O3/c1-18-10-13(16(21)19(2)17(18)22)9-12-8-7-11-5-3-4-6-14(11)15(12)20/h3-6,9-10H,7-8H2,1-2H3/b12-9-. The summed E-state index contributed by atoms with van der Waals surface area (Å²) in [6.07, 6.45) is 4.47. The number of carbonyl (C=O) groups is 1. The number of hydrogen-bond donors (Lipinski definition) is 0. The van der Waals surface area contributed by atoms with Gasteiger partial charge in [-0.05, 0) is 24.5 Å². The van der Waals surface area contributed by atoms with Crippen molar-refractivity contribution < 1.29 is 4.79 Å². The number of allylic oxidation sites excluding steroid dienone is 1. The molecule has 5 nitrogen and oxygen atoms in total. The van der Waals surface area contributed by atoms with Gasteiger partial charge in [0, 0.05) is 31.4 Å². The summed E-state index contributed by atoms with van der Waals surface area (Å²) < 4.78 is 2.39. The Hall–Kier alpha value is -2.69. The Morgan fingerprint density at radius 3 is 2.55 bits per heavy atom. The van der Waals surface area contributed by atoms with Crippen LogP contribution in [-0.4, -0.2) is 14.9 Å². The normalized spacial score (nSPS) is 15.9.